The summed E-state index contributed by atoms with van der Waals surface area (Å²) in [6, 6.07) is 0.650. The third kappa shape index (κ3) is 3.76. The SMILES string of the molecule is CCOC(=O)N1CCC2(CC(N3CCC(/C(=N/N)N(N)CC)CC3)C2)C1. The normalized spacial score (nSPS) is 30.5. The van der Waals surface area contributed by atoms with E-state index in [4.69, 9.17) is 16.4 Å². The van der Waals surface area contributed by atoms with Gasteiger partial charge in [-0.3, -0.25) is 5.01 Å². The highest BCUT2D eigenvalue weighted by Crippen LogP contribution is 2.50. The van der Waals surface area contributed by atoms with Crippen LogP contribution < -0.4 is 11.7 Å². The molecule has 0 atom stereocenters. The van der Waals surface area contributed by atoms with E-state index in [2.05, 4.69) is 10.0 Å². The topological polar surface area (TPSA) is 100 Å². The van der Waals surface area contributed by atoms with Crippen LogP contribution in [0, 0.1) is 11.3 Å². The summed E-state index contributed by atoms with van der Waals surface area (Å²) in [5.41, 5.74) is 0.328. The van der Waals surface area contributed by atoms with Crippen LogP contribution in [0.15, 0.2) is 5.10 Å². The molecule has 1 spiro atoms. The maximum absolute atomic E-state index is 11.9. The van der Waals surface area contributed by atoms with Crippen molar-refractivity contribution in [3.63, 3.8) is 0 Å². The van der Waals surface area contributed by atoms with Crippen molar-refractivity contribution in [2.24, 2.45) is 28.1 Å². The van der Waals surface area contributed by atoms with Gasteiger partial charge in [0.15, 0.2) is 0 Å². The van der Waals surface area contributed by atoms with Gasteiger partial charge in [-0.05, 0) is 64.5 Å². The lowest BCUT2D eigenvalue weighted by molar-refractivity contribution is -0.00595. The van der Waals surface area contributed by atoms with Gasteiger partial charge in [-0.25, -0.2) is 10.6 Å². The van der Waals surface area contributed by atoms with Crippen molar-refractivity contribution < 1.29 is 9.53 Å². The molecule has 1 amide bonds. The number of nitrogens with zero attached hydrogens (tertiary/aromatic N) is 4. The Morgan fingerprint density at radius 3 is 2.54 bits per heavy atom. The number of hydrazine groups is 1. The number of hydrogen-bond acceptors (Lipinski definition) is 6. The van der Waals surface area contributed by atoms with Crippen LogP contribution in [-0.4, -0.2) is 72.1 Å². The highest BCUT2D eigenvalue weighted by atomic mass is 16.6. The Hall–Kier alpha value is -1.54. The number of ether oxygens (including phenoxy) is 1. The fraction of sp³-hybridized carbons (Fsp3) is 0.889. The van der Waals surface area contributed by atoms with Gasteiger partial charge in [0.05, 0.1) is 6.61 Å². The Bertz CT molecular complexity index is 526. The fourth-order valence-corrected chi connectivity index (χ4v) is 4.94. The highest BCUT2D eigenvalue weighted by Gasteiger charge is 2.51. The zero-order valence-electron chi connectivity index (χ0n) is 16.2. The molecule has 1 saturated carbocycles. The number of amides is 1. The van der Waals surface area contributed by atoms with Crippen LogP contribution in [0.2, 0.25) is 0 Å². The fourth-order valence-electron chi connectivity index (χ4n) is 4.94. The maximum atomic E-state index is 11.9. The Morgan fingerprint density at radius 1 is 1.27 bits per heavy atom. The van der Waals surface area contributed by atoms with Gasteiger partial charge in [0.1, 0.15) is 5.84 Å². The maximum Gasteiger partial charge on any atom is 0.409 e. The van der Waals surface area contributed by atoms with Crippen molar-refractivity contribution in [1.29, 1.82) is 0 Å². The average Bonchev–Trinajstić information content (AvgIpc) is 3.08. The Labute approximate surface area is 156 Å². The molecule has 0 unspecified atom stereocenters. The molecule has 4 N–H and O–H groups in total. The minimum absolute atomic E-state index is 0.149. The zero-order chi connectivity index (χ0) is 18.7. The third-order valence-corrected chi connectivity index (χ3v) is 6.48. The molecule has 148 valence electrons. The molecular formula is C18H34N6O2. The van der Waals surface area contributed by atoms with Crippen LogP contribution in [0.5, 0.6) is 0 Å². The van der Waals surface area contributed by atoms with E-state index in [1.54, 1.807) is 5.01 Å². The second-order valence-corrected chi connectivity index (χ2v) is 8.02. The minimum atomic E-state index is -0.149. The monoisotopic (exact) mass is 366 g/mol. The molecule has 3 rings (SSSR count). The van der Waals surface area contributed by atoms with Gasteiger partial charge in [-0.1, -0.05) is 0 Å². The molecule has 1 aliphatic carbocycles. The standard InChI is InChI=1S/C18H34N6O2/c1-3-24(20)16(21-19)14-5-8-22(9-6-14)15-11-18(12-15)7-10-23(13-18)17(25)26-4-2/h14-15H,3-13,19-20H2,1-2H3/b21-16-. The molecule has 0 radical (unpaired) electrons. The molecule has 2 saturated heterocycles. The summed E-state index contributed by atoms with van der Waals surface area (Å²) in [5.74, 6) is 12.7. The first-order valence-corrected chi connectivity index (χ1v) is 9.97. The van der Waals surface area contributed by atoms with Crippen LogP contribution in [-0.2, 0) is 4.74 Å². The summed E-state index contributed by atoms with van der Waals surface area (Å²) < 4.78 is 5.15. The highest BCUT2D eigenvalue weighted by molar-refractivity contribution is 5.84. The molecule has 0 aromatic carbocycles. The number of carbonyl (C=O) groups is 1. The van der Waals surface area contributed by atoms with E-state index >= 15 is 0 Å². The largest absolute Gasteiger partial charge is 0.450 e. The minimum Gasteiger partial charge on any atom is -0.450 e. The second kappa shape index (κ2) is 8.00. The van der Waals surface area contributed by atoms with Gasteiger partial charge in [-0.2, -0.15) is 5.10 Å². The molecule has 26 heavy (non-hydrogen) atoms. The molecule has 8 nitrogen and oxygen atoms in total. The number of carbonyl (C=O) groups excluding carboxylic acids is 1. The van der Waals surface area contributed by atoms with Gasteiger partial charge in [0.2, 0.25) is 0 Å². The summed E-state index contributed by atoms with van der Waals surface area (Å²) in [6.45, 7) is 8.89. The van der Waals surface area contributed by atoms with Gasteiger partial charge in [0.25, 0.3) is 0 Å². The van der Waals surface area contributed by atoms with Crippen molar-refractivity contribution in [3.8, 4) is 0 Å². The summed E-state index contributed by atoms with van der Waals surface area (Å²) >= 11 is 0. The van der Waals surface area contributed by atoms with Crippen LogP contribution in [0.25, 0.3) is 0 Å². The molecular weight excluding hydrogens is 332 g/mol. The van der Waals surface area contributed by atoms with Crippen LogP contribution in [0.1, 0.15) is 46.0 Å². The van der Waals surface area contributed by atoms with Gasteiger partial charge in [-0.15, -0.1) is 0 Å². The van der Waals surface area contributed by atoms with Gasteiger partial charge in [0, 0.05) is 31.6 Å². The van der Waals surface area contributed by atoms with Crippen molar-refractivity contribution >= 4 is 11.9 Å². The van der Waals surface area contributed by atoms with E-state index in [0.717, 1.165) is 57.8 Å². The van der Waals surface area contributed by atoms with E-state index in [1.165, 1.54) is 12.8 Å². The third-order valence-electron chi connectivity index (χ3n) is 6.48. The predicted octanol–water partition coefficient (Wildman–Crippen LogP) is 1.18. The number of piperidine rings is 1. The van der Waals surface area contributed by atoms with E-state index in [9.17, 15) is 4.79 Å². The Kier molecular flexibility index (Phi) is 5.92. The van der Waals surface area contributed by atoms with Crippen LogP contribution in [0.3, 0.4) is 0 Å². The number of nitrogens with two attached hydrogens (primary N) is 2. The smallest absolute Gasteiger partial charge is 0.409 e. The summed E-state index contributed by atoms with van der Waals surface area (Å²) in [6.07, 6.45) is 5.47. The molecule has 8 heteroatoms. The van der Waals surface area contributed by atoms with E-state index < -0.39 is 0 Å². The van der Waals surface area contributed by atoms with E-state index in [0.29, 0.717) is 24.0 Å². The average molecular weight is 367 g/mol. The lowest BCUT2D eigenvalue weighted by atomic mass is 9.64. The summed E-state index contributed by atoms with van der Waals surface area (Å²) in [7, 11) is 0. The van der Waals surface area contributed by atoms with Crippen molar-refractivity contribution in [1.82, 2.24) is 14.8 Å². The first-order valence-electron chi connectivity index (χ1n) is 9.97. The first-order chi connectivity index (χ1) is 12.5. The molecule has 3 fully saturated rings. The quantitative estimate of drug-likeness (QED) is 0.335. The summed E-state index contributed by atoms with van der Waals surface area (Å²) in [4.78, 5) is 16.4. The molecule has 0 aromatic heterocycles. The number of amidine groups is 1. The first kappa shape index (κ1) is 19.2. The van der Waals surface area contributed by atoms with Gasteiger partial charge >= 0.3 is 6.09 Å². The zero-order valence-corrected chi connectivity index (χ0v) is 16.2. The molecule has 2 aliphatic heterocycles. The second-order valence-electron chi connectivity index (χ2n) is 8.02. The molecule has 0 bridgehead atoms. The van der Waals surface area contributed by atoms with E-state index in [1.807, 2.05) is 18.7 Å². The van der Waals surface area contributed by atoms with Crippen LogP contribution in [0.4, 0.5) is 4.79 Å². The molecule has 2 heterocycles. The van der Waals surface area contributed by atoms with E-state index in [-0.39, 0.29) is 6.09 Å². The molecule has 0 aromatic rings. The molecule has 3 aliphatic rings. The number of rotatable bonds is 4. The Morgan fingerprint density at radius 2 is 1.96 bits per heavy atom. The van der Waals surface area contributed by atoms with Crippen LogP contribution >= 0.6 is 0 Å². The summed E-state index contributed by atoms with van der Waals surface area (Å²) in [5, 5.41) is 5.60. The predicted molar refractivity (Wildman–Crippen MR) is 101 cm³/mol. The van der Waals surface area contributed by atoms with Crippen molar-refractivity contribution in [2.75, 3.05) is 39.3 Å². The van der Waals surface area contributed by atoms with Crippen molar-refractivity contribution in [3.05, 3.63) is 0 Å². The lowest BCUT2D eigenvalue weighted by Gasteiger charge is -2.51. The van der Waals surface area contributed by atoms with Gasteiger partial charge < -0.3 is 20.4 Å². The lowest BCUT2D eigenvalue weighted by Crippen LogP contribution is -2.55. The van der Waals surface area contributed by atoms with Crippen molar-refractivity contribution in [2.45, 2.75) is 52.0 Å². The number of hydrazone groups is 1. The number of likely N-dealkylation sites (tertiary alicyclic amines) is 2. The number of hydrogen-bond donors (Lipinski definition) is 2. The Balaban J connectivity index is 1.45.